The number of ether oxygens (including phenoxy) is 1. The van der Waals surface area contributed by atoms with Gasteiger partial charge >= 0.3 is 5.97 Å². The third-order valence-electron chi connectivity index (χ3n) is 5.70. The highest BCUT2D eigenvalue weighted by Gasteiger charge is 2.25. The Morgan fingerprint density at radius 2 is 1.72 bits per heavy atom. The summed E-state index contributed by atoms with van der Waals surface area (Å²) in [5.74, 6) is 0.254. The number of hydrogen-bond donors (Lipinski definition) is 2. The maximum Gasteiger partial charge on any atom is 0.377 e. The number of esters is 1. The zero-order valence-electron chi connectivity index (χ0n) is 20.3. The van der Waals surface area contributed by atoms with Crippen molar-refractivity contribution in [2.24, 2.45) is 0 Å². The number of benzene rings is 2. The second-order valence-corrected chi connectivity index (χ2v) is 9.26. The van der Waals surface area contributed by atoms with Crippen molar-refractivity contribution in [3.8, 4) is 28.2 Å². The predicted molar refractivity (Wildman–Crippen MR) is 136 cm³/mol. The van der Waals surface area contributed by atoms with Gasteiger partial charge in [0, 0.05) is 34.7 Å². The Kier molecular flexibility index (Phi) is 5.39. The summed E-state index contributed by atoms with van der Waals surface area (Å²) in [4.78, 5) is 29.2. The quantitative estimate of drug-likeness (QED) is 0.289. The molecule has 5 rings (SSSR count). The summed E-state index contributed by atoms with van der Waals surface area (Å²) in [6.07, 6.45) is 4.83. The number of fused-ring (bicyclic) bond motifs is 1. The number of methoxy groups -OCH3 is 1. The van der Waals surface area contributed by atoms with E-state index in [9.17, 15) is 4.79 Å². The minimum absolute atomic E-state index is 0.0417. The van der Waals surface area contributed by atoms with Crippen LogP contribution in [0.3, 0.4) is 0 Å². The van der Waals surface area contributed by atoms with Crippen LogP contribution in [0, 0.1) is 0 Å². The van der Waals surface area contributed by atoms with Gasteiger partial charge in [-0.3, -0.25) is 0 Å². The van der Waals surface area contributed by atoms with E-state index >= 15 is 0 Å². The van der Waals surface area contributed by atoms with E-state index in [0.717, 1.165) is 27.7 Å². The van der Waals surface area contributed by atoms with Gasteiger partial charge in [0.05, 0.1) is 23.8 Å². The van der Waals surface area contributed by atoms with Gasteiger partial charge in [-0.2, -0.15) is 0 Å². The lowest BCUT2D eigenvalue weighted by Gasteiger charge is -2.25. The lowest BCUT2D eigenvalue weighted by atomic mass is 10.0. The summed E-state index contributed by atoms with van der Waals surface area (Å²) in [7, 11) is 1.29. The number of nitrogen functional groups attached to an aromatic ring is 2. The van der Waals surface area contributed by atoms with Crippen molar-refractivity contribution in [3.05, 3.63) is 60.9 Å². The first kappa shape index (κ1) is 23.0. The molecule has 0 amide bonds. The highest BCUT2D eigenvalue weighted by Crippen LogP contribution is 2.36. The zero-order valence-corrected chi connectivity index (χ0v) is 20.3. The molecular formula is C25H25N9O2. The molecular weight excluding hydrogens is 458 g/mol. The van der Waals surface area contributed by atoms with Crippen LogP contribution in [-0.4, -0.2) is 47.4 Å². The molecule has 182 valence electrons. The van der Waals surface area contributed by atoms with Gasteiger partial charge in [-0.25, -0.2) is 29.4 Å². The Labute approximate surface area is 206 Å². The topological polar surface area (TPSA) is 153 Å². The van der Waals surface area contributed by atoms with Crippen molar-refractivity contribution in [1.29, 1.82) is 0 Å². The molecule has 0 aliphatic rings. The minimum Gasteiger partial charge on any atom is -0.463 e. The predicted octanol–water partition coefficient (Wildman–Crippen LogP) is 3.45. The Hall–Kier alpha value is -4.80. The molecule has 5 aromatic rings. The van der Waals surface area contributed by atoms with Crippen molar-refractivity contribution in [3.63, 3.8) is 0 Å². The van der Waals surface area contributed by atoms with Crippen LogP contribution in [0.4, 0.5) is 11.6 Å². The fraction of sp³-hybridized carbons (Fsp3) is 0.200. The molecule has 0 unspecified atom stereocenters. The number of nitrogens with zero attached hydrogens (tertiary/aromatic N) is 7. The Bertz CT molecular complexity index is 1590. The third kappa shape index (κ3) is 4.00. The first-order valence-electron chi connectivity index (χ1n) is 11.2. The number of hydrogen-bond acceptors (Lipinski definition) is 9. The number of imidazole rings is 1. The van der Waals surface area contributed by atoms with Gasteiger partial charge in [0.15, 0.2) is 0 Å². The Morgan fingerprint density at radius 3 is 2.42 bits per heavy atom. The molecule has 0 atom stereocenters. The van der Waals surface area contributed by atoms with Gasteiger partial charge in [-0.05, 0) is 56.7 Å². The summed E-state index contributed by atoms with van der Waals surface area (Å²) in [6.45, 7) is 6.32. The Balaban J connectivity index is 1.73. The van der Waals surface area contributed by atoms with Crippen molar-refractivity contribution >= 4 is 28.6 Å². The fourth-order valence-electron chi connectivity index (χ4n) is 4.10. The maximum absolute atomic E-state index is 11.9. The number of aromatic nitrogens is 7. The Morgan fingerprint density at radius 1 is 0.972 bits per heavy atom. The highest BCUT2D eigenvalue weighted by atomic mass is 16.5. The lowest BCUT2D eigenvalue weighted by Crippen LogP contribution is -2.23. The molecule has 36 heavy (non-hydrogen) atoms. The van der Waals surface area contributed by atoms with Gasteiger partial charge in [0.25, 0.3) is 5.82 Å². The fourth-order valence-corrected chi connectivity index (χ4v) is 4.10. The van der Waals surface area contributed by atoms with Gasteiger partial charge in [0.1, 0.15) is 12.2 Å². The largest absolute Gasteiger partial charge is 0.463 e. The van der Waals surface area contributed by atoms with Gasteiger partial charge in [0.2, 0.25) is 5.95 Å². The summed E-state index contributed by atoms with van der Waals surface area (Å²) in [6, 6.07) is 11.5. The standard InChI is InChI=1S/C25H25N9O2/c1-25(2,3)34-20-7-5-14(15-11-28-24(27)29-12-15)9-18(20)31-22(34)17-10-16(26)6-8-19(17)33-13-30-21(32-33)23(35)36-4/h5-13H,26H2,1-4H3,(H2,27,28,29). The van der Waals surface area contributed by atoms with Crippen LogP contribution in [0.15, 0.2) is 55.1 Å². The average molecular weight is 484 g/mol. The third-order valence-corrected chi connectivity index (χ3v) is 5.70. The molecule has 0 bridgehead atoms. The molecule has 0 radical (unpaired) electrons. The van der Waals surface area contributed by atoms with Crippen LogP contribution in [0.5, 0.6) is 0 Å². The molecule has 3 heterocycles. The molecule has 11 heteroatoms. The van der Waals surface area contributed by atoms with E-state index in [4.69, 9.17) is 21.2 Å². The maximum atomic E-state index is 11.9. The van der Waals surface area contributed by atoms with E-state index in [1.54, 1.807) is 18.5 Å². The van der Waals surface area contributed by atoms with E-state index in [0.29, 0.717) is 17.2 Å². The number of nitrogens with two attached hydrogens (primary N) is 2. The van der Waals surface area contributed by atoms with Crippen LogP contribution in [0.2, 0.25) is 0 Å². The first-order chi connectivity index (χ1) is 17.2. The average Bonchev–Trinajstić information content (AvgIpc) is 3.48. The number of anilines is 2. The van der Waals surface area contributed by atoms with Crippen molar-refractivity contribution in [2.75, 3.05) is 18.6 Å². The molecule has 0 fully saturated rings. The van der Waals surface area contributed by atoms with Crippen LogP contribution >= 0.6 is 0 Å². The van der Waals surface area contributed by atoms with Gasteiger partial charge in [-0.15, -0.1) is 5.10 Å². The molecule has 0 saturated carbocycles. The molecule has 11 nitrogen and oxygen atoms in total. The SMILES string of the molecule is COC(=O)c1ncn(-c2ccc(N)cc2-c2nc3cc(-c4cnc(N)nc4)ccc3n2C(C)(C)C)n1. The van der Waals surface area contributed by atoms with Crippen LogP contribution < -0.4 is 11.5 Å². The van der Waals surface area contributed by atoms with Gasteiger partial charge < -0.3 is 20.8 Å². The van der Waals surface area contributed by atoms with Crippen molar-refractivity contribution in [1.82, 2.24) is 34.3 Å². The molecule has 3 aromatic heterocycles. The zero-order chi connectivity index (χ0) is 25.6. The van der Waals surface area contributed by atoms with Crippen molar-refractivity contribution < 1.29 is 9.53 Å². The number of carbonyl (C=O) groups is 1. The summed E-state index contributed by atoms with van der Waals surface area (Å²) < 4.78 is 8.42. The normalized spacial score (nSPS) is 11.7. The van der Waals surface area contributed by atoms with Crippen LogP contribution in [0.1, 0.15) is 31.4 Å². The van der Waals surface area contributed by atoms with E-state index in [2.05, 4.69) is 45.4 Å². The second kappa shape index (κ2) is 8.45. The number of carbonyl (C=O) groups excluding carboxylic acids is 1. The van der Waals surface area contributed by atoms with E-state index in [1.807, 2.05) is 30.3 Å². The van der Waals surface area contributed by atoms with Crippen LogP contribution in [-0.2, 0) is 10.3 Å². The smallest absolute Gasteiger partial charge is 0.377 e. The highest BCUT2D eigenvalue weighted by molar-refractivity contribution is 5.88. The van der Waals surface area contributed by atoms with Crippen molar-refractivity contribution in [2.45, 2.75) is 26.3 Å². The first-order valence-corrected chi connectivity index (χ1v) is 11.2. The molecule has 4 N–H and O–H groups in total. The molecule has 0 saturated heterocycles. The molecule has 2 aromatic carbocycles. The van der Waals surface area contributed by atoms with Gasteiger partial charge in [-0.1, -0.05) is 6.07 Å². The molecule has 0 aliphatic carbocycles. The van der Waals surface area contributed by atoms with E-state index in [-0.39, 0.29) is 17.3 Å². The summed E-state index contributed by atoms with van der Waals surface area (Å²) in [5, 5.41) is 4.30. The second-order valence-electron chi connectivity index (χ2n) is 9.26. The minimum atomic E-state index is -0.619. The van der Waals surface area contributed by atoms with E-state index < -0.39 is 5.97 Å². The summed E-state index contributed by atoms with van der Waals surface area (Å²) in [5.41, 5.74) is 17.0. The molecule has 0 spiro atoms. The molecule has 0 aliphatic heterocycles. The van der Waals surface area contributed by atoms with E-state index in [1.165, 1.54) is 18.1 Å². The lowest BCUT2D eigenvalue weighted by molar-refractivity contribution is 0.0587. The number of rotatable bonds is 4. The van der Waals surface area contributed by atoms with Crippen LogP contribution in [0.25, 0.3) is 39.2 Å². The monoisotopic (exact) mass is 483 g/mol. The summed E-state index contributed by atoms with van der Waals surface area (Å²) >= 11 is 0.